The van der Waals surface area contributed by atoms with Crippen molar-refractivity contribution >= 4 is 5.97 Å². The van der Waals surface area contributed by atoms with Crippen LogP contribution in [0.2, 0.25) is 0 Å². The van der Waals surface area contributed by atoms with Gasteiger partial charge in [0, 0.05) is 0 Å². The van der Waals surface area contributed by atoms with Crippen molar-refractivity contribution in [2.24, 2.45) is 11.3 Å². The Kier molecular flexibility index (Phi) is 2.52. The van der Waals surface area contributed by atoms with Crippen LogP contribution in [0.1, 0.15) is 38.5 Å². The molecule has 3 nitrogen and oxygen atoms in total. The Morgan fingerprint density at radius 2 is 2.00 bits per heavy atom. The van der Waals surface area contributed by atoms with Gasteiger partial charge < -0.3 is 9.84 Å². The van der Waals surface area contributed by atoms with E-state index in [1.165, 1.54) is 7.11 Å². The molecular formula is C11H18O3. The largest absolute Gasteiger partial charge is 0.469 e. The van der Waals surface area contributed by atoms with Gasteiger partial charge in [-0.25, -0.2) is 0 Å². The molecule has 0 aromatic rings. The molecule has 0 aromatic carbocycles. The van der Waals surface area contributed by atoms with Gasteiger partial charge in [-0.05, 0) is 31.6 Å². The number of aliphatic hydroxyl groups excluding tert-OH is 1. The fourth-order valence-corrected chi connectivity index (χ4v) is 2.69. The van der Waals surface area contributed by atoms with Gasteiger partial charge in [-0.2, -0.15) is 0 Å². The molecule has 2 rings (SSSR count). The maximum atomic E-state index is 11.7. The Morgan fingerprint density at radius 3 is 2.43 bits per heavy atom. The molecule has 14 heavy (non-hydrogen) atoms. The van der Waals surface area contributed by atoms with Crippen LogP contribution in [0.15, 0.2) is 0 Å². The van der Waals surface area contributed by atoms with Crippen LogP contribution in [0.5, 0.6) is 0 Å². The second kappa shape index (κ2) is 3.54. The molecule has 2 saturated carbocycles. The quantitative estimate of drug-likeness (QED) is 0.699. The molecule has 0 radical (unpaired) electrons. The Balaban J connectivity index is 2.15. The second-order valence-corrected chi connectivity index (χ2v) is 4.64. The molecule has 0 aliphatic heterocycles. The first-order valence-corrected chi connectivity index (χ1v) is 5.47. The summed E-state index contributed by atoms with van der Waals surface area (Å²) in [5.74, 6) is 0.154. The van der Waals surface area contributed by atoms with Gasteiger partial charge in [0.1, 0.15) is 0 Å². The van der Waals surface area contributed by atoms with Crippen LogP contribution >= 0.6 is 0 Å². The first kappa shape index (κ1) is 9.97. The number of carbonyl (C=O) groups excluding carboxylic acids is 1. The summed E-state index contributed by atoms with van der Waals surface area (Å²) in [5.41, 5.74) is -0.560. The SMILES string of the molecule is COC(=O)C1(C(O)C2CC2)CCCC1. The lowest BCUT2D eigenvalue weighted by Gasteiger charge is -2.31. The summed E-state index contributed by atoms with van der Waals surface area (Å²) in [7, 11) is 1.42. The van der Waals surface area contributed by atoms with E-state index in [2.05, 4.69) is 0 Å². The van der Waals surface area contributed by atoms with E-state index in [1.807, 2.05) is 0 Å². The van der Waals surface area contributed by atoms with Crippen molar-refractivity contribution in [2.45, 2.75) is 44.6 Å². The van der Waals surface area contributed by atoms with Crippen LogP contribution < -0.4 is 0 Å². The number of hydrogen-bond acceptors (Lipinski definition) is 3. The Hall–Kier alpha value is -0.570. The average molecular weight is 198 g/mol. The van der Waals surface area contributed by atoms with Gasteiger partial charge >= 0.3 is 5.97 Å². The third kappa shape index (κ3) is 1.44. The molecule has 1 unspecified atom stereocenters. The van der Waals surface area contributed by atoms with E-state index in [0.717, 1.165) is 38.5 Å². The molecule has 0 bridgehead atoms. The van der Waals surface area contributed by atoms with Crippen molar-refractivity contribution in [1.29, 1.82) is 0 Å². The first-order valence-electron chi connectivity index (χ1n) is 5.47. The van der Waals surface area contributed by atoms with Gasteiger partial charge in [0.2, 0.25) is 0 Å². The summed E-state index contributed by atoms with van der Waals surface area (Å²) in [6.07, 6.45) is 5.36. The fourth-order valence-electron chi connectivity index (χ4n) is 2.69. The van der Waals surface area contributed by atoms with E-state index in [0.29, 0.717) is 5.92 Å². The Labute approximate surface area is 84.4 Å². The molecule has 3 heteroatoms. The smallest absolute Gasteiger partial charge is 0.314 e. The average Bonchev–Trinajstić information content (AvgIpc) is 2.94. The lowest BCUT2D eigenvalue weighted by molar-refractivity contribution is -0.161. The molecule has 2 fully saturated rings. The molecule has 1 atom stereocenters. The van der Waals surface area contributed by atoms with E-state index >= 15 is 0 Å². The van der Waals surface area contributed by atoms with E-state index in [-0.39, 0.29) is 5.97 Å². The molecule has 80 valence electrons. The highest BCUT2D eigenvalue weighted by Crippen LogP contribution is 2.49. The second-order valence-electron chi connectivity index (χ2n) is 4.64. The fraction of sp³-hybridized carbons (Fsp3) is 0.909. The summed E-state index contributed by atoms with van der Waals surface area (Å²) in [6.45, 7) is 0. The van der Waals surface area contributed by atoms with Crippen LogP contribution in [-0.4, -0.2) is 24.3 Å². The number of methoxy groups -OCH3 is 1. The molecular weight excluding hydrogens is 180 g/mol. The van der Waals surface area contributed by atoms with Crippen LogP contribution in [0, 0.1) is 11.3 Å². The molecule has 1 N–H and O–H groups in total. The summed E-state index contributed by atoms with van der Waals surface area (Å²) in [5, 5.41) is 10.1. The number of aliphatic hydroxyl groups is 1. The monoisotopic (exact) mass is 198 g/mol. The minimum absolute atomic E-state index is 0.200. The summed E-state index contributed by atoms with van der Waals surface area (Å²) in [6, 6.07) is 0. The number of ether oxygens (including phenoxy) is 1. The van der Waals surface area contributed by atoms with Gasteiger partial charge in [-0.15, -0.1) is 0 Å². The zero-order valence-corrected chi connectivity index (χ0v) is 8.66. The van der Waals surface area contributed by atoms with Crippen molar-refractivity contribution in [2.75, 3.05) is 7.11 Å². The Bertz CT molecular complexity index is 227. The van der Waals surface area contributed by atoms with Crippen molar-refractivity contribution in [1.82, 2.24) is 0 Å². The van der Waals surface area contributed by atoms with Crippen LogP contribution in [0.25, 0.3) is 0 Å². The molecule has 2 aliphatic rings. The van der Waals surface area contributed by atoms with Gasteiger partial charge in [0.25, 0.3) is 0 Å². The van der Waals surface area contributed by atoms with Crippen molar-refractivity contribution in [3.63, 3.8) is 0 Å². The van der Waals surface area contributed by atoms with Gasteiger partial charge in [0.15, 0.2) is 0 Å². The first-order chi connectivity index (χ1) is 6.70. The van der Waals surface area contributed by atoms with Gasteiger partial charge in [0.05, 0.1) is 18.6 Å². The minimum atomic E-state index is -0.560. The highest BCUT2D eigenvalue weighted by Gasteiger charge is 2.52. The lowest BCUT2D eigenvalue weighted by atomic mass is 9.78. The van der Waals surface area contributed by atoms with Gasteiger partial charge in [-0.3, -0.25) is 4.79 Å². The number of carbonyl (C=O) groups is 1. The number of hydrogen-bond donors (Lipinski definition) is 1. The van der Waals surface area contributed by atoms with Crippen LogP contribution in [-0.2, 0) is 9.53 Å². The normalized spacial score (nSPS) is 27.3. The zero-order chi connectivity index (χ0) is 10.2. The lowest BCUT2D eigenvalue weighted by Crippen LogP contribution is -2.42. The summed E-state index contributed by atoms with van der Waals surface area (Å²) in [4.78, 5) is 11.7. The van der Waals surface area contributed by atoms with Gasteiger partial charge in [-0.1, -0.05) is 12.8 Å². The van der Waals surface area contributed by atoms with Crippen molar-refractivity contribution in [3.05, 3.63) is 0 Å². The highest BCUT2D eigenvalue weighted by atomic mass is 16.5. The van der Waals surface area contributed by atoms with E-state index in [4.69, 9.17) is 4.74 Å². The zero-order valence-electron chi connectivity index (χ0n) is 8.66. The predicted octanol–water partition coefficient (Wildman–Crippen LogP) is 1.49. The van der Waals surface area contributed by atoms with E-state index < -0.39 is 11.5 Å². The molecule has 2 aliphatic carbocycles. The van der Waals surface area contributed by atoms with E-state index in [9.17, 15) is 9.90 Å². The third-order valence-electron chi connectivity index (χ3n) is 3.72. The molecule has 0 spiro atoms. The highest BCUT2D eigenvalue weighted by molar-refractivity contribution is 5.78. The number of rotatable bonds is 3. The third-order valence-corrected chi connectivity index (χ3v) is 3.72. The summed E-state index contributed by atoms with van der Waals surface area (Å²) < 4.78 is 4.84. The molecule has 0 amide bonds. The van der Waals surface area contributed by atoms with Crippen molar-refractivity contribution < 1.29 is 14.6 Å². The standard InChI is InChI=1S/C11H18O3/c1-14-10(13)11(6-2-3-7-11)9(12)8-4-5-8/h8-9,12H,2-7H2,1H3. The maximum Gasteiger partial charge on any atom is 0.314 e. The molecule has 0 aromatic heterocycles. The van der Waals surface area contributed by atoms with E-state index in [1.54, 1.807) is 0 Å². The topological polar surface area (TPSA) is 46.5 Å². The van der Waals surface area contributed by atoms with Crippen LogP contribution in [0.3, 0.4) is 0 Å². The van der Waals surface area contributed by atoms with Crippen LogP contribution in [0.4, 0.5) is 0 Å². The Morgan fingerprint density at radius 1 is 1.43 bits per heavy atom. The number of esters is 1. The summed E-state index contributed by atoms with van der Waals surface area (Å²) >= 11 is 0. The minimum Gasteiger partial charge on any atom is -0.469 e. The molecule has 0 saturated heterocycles. The maximum absolute atomic E-state index is 11.7. The molecule has 0 heterocycles. The predicted molar refractivity (Wildman–Crippen MR) is 51.6 cm³/mol. The van der Waals surface area contributed by atoms with Crippen molar-refractivity contribution in [3.8, 4) is 0 Å².